The number of fused-ring (bicyclic) bond motifs is 1. The quantitative estimate of drug-likeness (QED) is 0.798. The number of amides is 2. The first-order valence-corrected chi connectivity index (χ1v) is 10.4. The number of carbonyl (C=O) groups excluding carboxylic acids is 2. The van der Waals surface area contributed by atoms with Crippen molar-refractivity contribution in [2.75, 3.05) is 26.9 Å². The monoisotopic (exact) mass is 408 g/mol. The Morgan fingerprint density at radius 3 is 2.53 bits per heavy atom. The first-order valence-electron chi connectivity index (χ1n) is 10.4. The molecule has 0 saturated carbocycles. The summed E-state index contributed by atoms with van der Waals surface area (Å²) < 4.78 is 10.9. The Bertz CT molecular complexity index is 919. The highest BCUT2D eigenvalue weighted by atomic mass is 16.5. The normalized spacial score (nSPS) is 18.6. The van der Waals surface area contributed by atoms with Crippen LogP contribution >= 0.6 is 0 Å². The Hall–Kier alpha value is -2.86. The zero-order valence-electron chi connectivity index (χ0n) is 17.5. The second kappa shape index (κ2) is 8.48. The lowest BCUT2D eigenvalue weighted by Crippen LogP contribution is -2.50. The minimum Gasteiger partial charge on any atom is -0.497 e. The van der Waals surface area contributed by atoms with Crippen LogP contribution < -0.4 is 10.1 Å². The maximum Gasteiger partial charge on any atom is 0.255 e. The first kappa shape index (κ1) is 20.4. The molecule has 0 radical (unpaired) electrons. The second-order valence-corrected chi connectivity index (χ2v) is 8.11. The molecule has 1 saturated heterocycles. The molecule has 0 spiro atoms. The van der Waals surface area contributed by atoms with Gasteiger partial charge in [-0.25, -0.2) is 0 Å². The van der Waals surface area contributed by atoms with E-state index in [4.69, 9.17) is 9.47 Å². The van der Waals surface area contributed by atoms with Gasteiger partial charge in [0.2, 0.25) is 5.91 Å². The van der Waals surface area contributed by atoms with E-state index in [1.54, 1.807) is 18.9 Å². The van der Waals surface area contributed by atoms with Gasteiger partial charge in [0.1, 0.15) is 11.8 Å². The molecule has 1 atom stereocenters. The fourth-order valence-corrected chi connectivity index (χ4v) is 4.41. The summed E-state index contributed by atoms with van der Waals surface area (Å²) in [5.41, 5.74) is 2.65. The van der Waals surface area contributed by atoms with E-state index in [1.807, 2.05) is 36.4 Å². The van der Waals surface area contributed by atoms with Gasteiger partial charge in [0.15, 0.2) is 0 Å². The van der Waals surface area contributed by atoms with Gasteiger partial charge in [-0.15, -0.1) is 0 Å². The maximum absolute atomic E-state index is 13.0. The molecule has 0 aromatic heterocycles. The Balaban J connectivity index is 1.46. The predicted molar refractivity (Wildman–Crippen MR) is 114 cm³/mol. The molecule has 2 aliphatic rings. The molecular weight excluding hydrogens is 380 g/mol. The highest BCUT2D eigenvalue weighted by Crippen LogP contribution is 2.35. The lowest BCUT2D eigenvalue weighted by atomic mass is 9.74. The Morgan fingerprint density at radius 2 is 1.87 bits per heavy atom. The van der Waals surface area contributed by atoms with Crippen LogP contribution in [0.4, 0.5) is 0 Å². The van der Waals surface area contributed by atoms with Crippen LogP contribution in [0.1, 0.15) is 41.3 Å². The van der Waals surface area contributed by atoms with Crippen LogP contribution in [0.2, 0.25) is 0 Å². The van der Waals surface area contributed by atoms with E-state index in [1.165, 1.54) is 5.56 Å². The van der Waals surface area contributed by atoms with Gasteiger partial charge in [-0.05, 0) is 49.1 Å². The average Bonchev–Trinajstić information content (AvgIpc) is 3.14. The van der Waals surface area contributed by atoms with Crippen LogP contribution in [0, 0.1) is 0 Å². The molecule has 2 aliphatic heterocycles. The maximum atomic E-state index is 13.0. The van der Waals surface area contributed by atoms with Crippen molar-refractivity contribution in [2.45, 2.75) is 37.8 Å². The topological polar surface area (TPSA) is 67.9 Å². The Morgan fingerprint density at radius 1 is 1.17 bits per heavy atom. The first-order chi connectivity index (χ1) is 14.5. The summed E-state index contributed by atoms with van der Waals surface area (Å²) in [6, 6.07) is 15.1. The SMILES string of the molecule is COc1ccc(C2(CNC(=O)[C@@H](C)N3Cc4ccccc4C3=O)CCOCC2)cc1. The van der Waals surface area contributed by atoms with E-state index in [9.17, 15) is 9.59 Å². The number of methoxy groups -OCH3 is 1. The van der Waals surface area contributed by atoms with Crippen LogP contribution in [0.15, 0.2) is 48.5 Å². The molecule has 2 heterocycles. The van der Waals surface area contributed by atoms with Crippen molar-refractivity contribution >= 4 is 11.8 Å². The van der Waals surface area contributed by atoms with Gasteiger partial charge in [-0.2, -0.15) is 0 Å². The average molecular weight is 408 g/mol. The minimum atomic E-state index is -0.530. The van der Waals surface area contributed by atoms with Gasteiger partial charge in [-0.1, -0.05) is 30.3 Å². The number of carbonyl (C=O) groups is 2. The molecule has 4 rings (SSSR count). The Kier molecular flexibility index (Phi) is 5.77. The summed E-state index contributed by atoms with van der Waals surface area (Å²) in [6.07, 6.45) is 1.67. The van der Waals surface area contributed by atoms with Crippen molar-refractivity contribution in [1.29, 1.82) is 0 Å². The summed E-state index contributed by atoms with van der Waals surface area (Å²) in [4.78, 5) is 27.3. The molecular formula is C24H28N2O4. The van der Waals surface area contributed by atoms with Crippen molar-refractivity contribution in [3.8, 4) is 5.75 Å². The lowest BCUT2D eigenvalue weighted by molar-refractivity contribution is -0.125. The van der Waals surface area contributed by atoms with E-state index < -0.39 is 6.04 Å². The summed E-state index contributed by atoms with van der Waals surface area (Å²) in [7, 11) is 1.65. The number of nitrogens with one attached hydrogen (secondary N) is 1. The fourth-order valence-electron chi connectivity index (χ4n) is 4.41. The molecule has 30 heavy (non-hydrogen) atoms. The van der Waals surface area contributed by atoms with Crippen molar-refractivity contribution in [1.82, 2.24) is 10.2 Å². The van der Waals surface area contributed by atoms with Crippen LogP contribution in [-0.2, 0) is 21.5 Å². The van der Waals surface area contributed by atoms with Crippen molar-refractivity contribution in [3.63, 3.8) is 0 Å². The number of nitrogens with zero attached hydrogens (tertiary/aromatic N) is 1. The van der Waals surface area contributed by atoms with Gasteiger partial charge in [0, 0.05) is 37.3 Å². The summed E-state index contributed by atoms with van der Waals surface area (Å²) >= 11 is 0. The second-order valence-electron chi connectivity index (χ2n) is 8.11. The van der Waals surface area contributed by atoms with Gasteiger partial charge in [0.05, 0.1) is 7.11 Å². The number of benzene rings is 2. The third kappa shape index (κ3) is 3.79. The van der Waals surface area contributed by atoms with E-state index in [2.05, 4.69) is 17.4 Å². The van der Waals surface area contributed by atoms with Crippen molar-refractivity contribution in [2.24, 2.45) is 0 Å². The number of hydrogen-bond donors (Lipinski definition) is 1. The molecule has 0 unspecified atom stereocenters. The minimum absolute atomic E-state index is 0.0795. The lowest BCUT2D eigenvalue weighted by Gasteiger charge is -2.38. The summed E-state index contributed by atoms with van der Waals surface area (Å²) in [6.45, 7) is 4.11. The molecule has 2 aromatic carbocycles. The van der Waals surface area contributed by atoms with Gasteiger partial charge in [-0.3, -0.25) is 9.59 Å². The third-order valence-corrected chi connectivity index (χ3v) is 6.45. The number of rotatable bonds is 6. The zero-order chi connectivity index (χ0) is 21.1. The van der Waals surface area contributed by atoms with Crippen molar-refractivity contribution < 1.29 is 19.1 Å². The molecule has 158 valence electrons. The number of hydrogen-bond acceptors (Lipinski definition) is 4. The molecule has 2 amide bonds. The van der Waals surface area contributed by atoms with E-state index >= 15 is 0 Å². The fraction of sp³-hybridized carbons (Fsp3) is 0.417. The van der Waals surface area contributed by atoms with Crippen molar-refractivity contribution in [3.05, 3.63) is 65.2 Å². The van der Waals surface area contributed by atoms with Gasteiger partial charge in [0.25, 0.3) is 5.91 Å². The molecule has 1 fully saturated rings. The highest BCUT2D eigenvalue weighted by molar-refractivity contribution is 6.01. The highest BCUT2D eigenvalue weighted by Gasteiger charge is 2.37. The molecule has 0 bridgehead atoms. The van der Waals surface area contributed by atoms with E-state index in [-0.39, 0.29) is 17.2 Å². The zero-order valence-corrected chi connectivity index (χ0v) is 17.5. The number of ether oxygens (including phenoxy) is 2. The Labute approximate surface area is 177 Å². The molecule has 6 heteroatoms. The van der Waals surface area contributed by atoms with E-state index in [0.29, 0.717) is 31.9 Å². The molecule has 2 aromatic rings. The molecule has 6 nitrogen and oxygen atoms in total. The summed E-state index contributed by atoms with van der Waals surface area (Å²) in [5, 5.41) is 3.12. The van der Waals surface area contributed by atoms with Gasteiger partial charge >= 0.3 is 0 Å². The van der Waals surface area contributed by atoms with Crippen LogP contribution in [0.3, 0.4) is 0 Å². The smallest absolute Gasteiger partial charge is 0.255 e. The largest absolute Gasteiger partial charge is 0.497 e. The standard InChI is InChI=1S/C24H28N2O4/c1-17(26-15-18-5-3-4-6-21(18)23(26)28)22(27)25-16-24(11-13-30-14-12-24)19-7-9-20(29-2)10-8-19/h3-10,17H,11-16H2,1-2H3,(H,25,27)/t17-/m1/s1. The summed E-state index contributed by atoms with van der Waals surface area (Å²) in [5.74, 6) is 0.602. The van der Waals surface area contributed by atoms with Crippen LogP contribution in [0.25, 0.3) is 0 Å². The molecule has 0 aliphatic carbocycles. The van der Waals surface area contributed by atoms with Gasteiger partial charge < -0.3 is 19.7 Å². The van der Waals surface area contributed by atoms with Crippen LogP contribution in [0.5, 0.6) is 5.75 Å². The third-order valence-electron chi connectivity index (χ3n) is 6.45. The predicted octanol–water partition coefficient (Wildman–Crippen LogP) is 2.90. The van der Waals surface area contributed by atoms with E-state index in [0.717, 1.165) is 24.2 Å². The molecule has 1 N–H and O–H groups in total. The van der Waals surface area contributed by atoms with Crippen LogP contribution in [-0.4, -0.2) is 49.6 Å².